The Morgan fingerprint density at radius 2 is 1.73 bits per heavy atom. The molecule has 8 rings (SSSR count). The number of ether oxygens (including phenoxy) is 2. The number of ketones is 3. The summed E-state index contributed by atoms with van der Waals surface area (Å²) in [6.07, 6.45) is 8.14. The molecule has 6 aromatic rings. The van der Waals surface area contributed by atoms with Gasteiger partial charge in [0, 0.05) is 56.1 Å². The highest BCUT2D eigenvalue weighted by molar-refractivity contribution is 6.04. The van der Waals surface area contributed by atoms with Crippen molar-refractivity contribution in [2.24, 2.45) is 13.0 Å². The summed E-state index contributed by atoms with van der Waals surface area (Å²) in [6.45, 7) is 1.56. The number of pyridine rings is 1. The molecule has 0 aliphatic heterocycles. The summed E-state index contributed by atoms with van der Waals surface area (Å²) in [4.78, 5) is 72.3. The van der Waals surface area contributed by atoms with Crippen LogP contribution < -0.4 is 11.0 Å². The maximum Gasteiger partial charge on any atom is 0.329 e. The van der Waals surface area contributed by atoms with Gasteiger partial charge in [-0.2, -0.15) is 5.10 Å². The molecule has 17 heteroatoms. The number of imidazole rings is 1. The quantitative estimate of drug-likeness (QED) is 0.0427. The molecule has 0 bridgehead atoms. The number of alkyl halides is 2. The average molecular weight is 878 g/mol. The third-order valence-electron chi connectivity index (χ3n) is 11.7. The maximum atomic E-state index is 14.1. The van der Waals surface area contributed by atoms with Crippen LogP contribution in [0.1, 0.15) is 108 Å². The fourth-order valence-corrected chi connectivity index (χ4v) is 8.10. The van der Waals surface area contributed by atoms with Crippen LogP contribution in [0.5, 0.6) is 0 Å². The number of hydrogen-bond acceptors (Lipinski definition) is 11. The second-order valence-electron chi connectivity index (χ2n) is 16.3. The highest BCUT2D eigenvalue weighted by atomic mass is 19.3. The van der Waals surface area contributed by atoms with Gasteiger partial charge in [0.05, 0.1) is 54.3 Å². The number of nitrogens with one attached hydrogen (secondary N) is 1. The van der Waals surface area contributed by atoms with Crippen molar-refractivity contribution in [3.05, 3.63) is 112 Å². The summed E-state index contributed by atoms with van der Waals surface area (Å²) in [6, 6.07) is 15.0. The molecule has 4 aromatic heterocycles. The van der Waals surface area contributed by atoms with Gasteiger partial charge in [-0.3, -0.25) is 33.3 Å². The lowest BCUT2D eigenvalue weighted by molar-refractivity contribution is -0.132. The molecule has 2 aromatic carbocycles. The van der Waals surface area contributed by atoms with Crippen LogP contribution in [0.2, 0.25) is 0 Å². The number of aryl methyl sites for hydroxylation is 3. The van der Waals surface area contributed by atoms with Crippen LogP contribution in [-0.2, 0) is 39.0 Å². The predicted molar refractivity (Wildman–Crippen MR) is 231 cm³/mol. The maximum absolute atomic E-state index is 14.1. The van der Waals surface area contributed by atoms with E-state index in [1.165, 1.54) is 34.6 Å². The Morgan fingerprint density at radius 1 is 0.953 bits per heavy atom. The fourth-order valence-electron chi connectivity index (χ4n) is 8.10. The molecule has 0 saturated heterocycles. The zero-order valence-corrected chi connectivity index (χ0v) is 35.5. The Balaban J connectivity index is 0.753. The Kier molecular flexibility index (Phi) is 13.8. The lowest BCUT2D eigenvalue weighted by atomic mass is 9.92. The number of rotatable bonds is 21. The number of fused-ring (bicyclic) bond motifs is 1. The molecule has 1 amide bonds. The van der Waals surface area contributed by atoms with Gasteiger partial charge in [-0.15, -0.1) is 0 Å². The number of para-hydroxylation sites is 1. The van der Waals surface area contributed by atoms with Gasteiger partial charge in [-0.25, -0.2) is 23.2 Å². The average Bonchev–Trinajstić information content (AvgIpc) is 3.70. The molecule has 1 N–H and O–H groups in total. The Bertz CT molecular complexity index is 2710. The van der Waals surface area contributed by atoms with Gasteiger partial charge < -0.3 is 19.2 Å². The number of Topliss-reactive ketones (excluding diaryl/α,β-unsaturated/α-hetero) is 3. The van der Waals surface area contributed by atoms with E-state index in [2.05, 4.69) is 20.4 Å². The molecule has 64 heavy (non-hydrogen) atoms. The van der Waals surface area contributed by atoms with Crippen LogP contribution >= 0.6 is 0 Å². The smallest absolute Gasteiger partial charge is 0.329 e. The largest absolute Gasteiger partial charge is 0.444 e. The molecule has 2 aliphatic carbocycles. The summed E-state index contributed by atoms with van der Waals surface area (Å²) in [5.74, 6) is -0.178. The lowest BCUT2D eigenvalue weighted by Gasteiger charge is -2.21. The molecule has 1 unspecified atom stereocenters. The first-order valence-electron chi connectivity index (χ1n) is 21.7. The highest BCUT2D eigenvalue weighted by Crippen LogP contribution is 2.34. The van der Waals surface area contributed by atoms with E-state index in [1.807, 2.05) is 24.3 Å². The molecule has 2 aliphatic rings. The van der Waals surface area contributed by atoms with E-state index in [-0.39, 0.29) is 59.6 Å². The van der Waals surface area contributed by atoms with E-state index in [1.54, 1.807) is 48.1 Å². The van der Waals surface area contributed by atoms with E-state index < -0.39 is 24.1 Å². The number of nitrogens with zero attached hydrogens (tertiary/aromatic N) is 6. The van der Waals surface area contributed by atoms with E-state index in [9.17, 15) is 32.8 Å². The van der Waals surface area contributed by atoms with E-state index in [0.717, 1.165) is 35.5 Å². The van der Waals surface area contributed by atoms with Gasteiger partial charge in [-0.05, 0) is 92.5 Å². The van der Waals surface area contributed by atoms with Crippen LogP contribution in [0, 0.1) is 5.92 Å². The number of hydrogen-bond donors (Lipinski definition) is 1. The van der Waals surface area contributed by atoms with Crippen LogP contribution in [0.4, 0.5) is 14.5 Å². The molecule has 2 fully saturated rings. The summed E-state index contributed by atoms with van der Waals surface area (Å²) in [5.41, 5.74) is 3.69. The number of carbonyl (C=O) groups is 4. The molecule has 15 nitrogen and oxygen atoms in total. The van der Waals surface area contributed by atoms with Gasteiger partial charge in [0.15, 0.2) is 23.0 Å². The van der Waals surface area contributed by atoms with Crippen molar-refractivity contribution in [1.29, 1.82) is 0 Å². The number of aromatic nitrogens is 6. The van der Waals surface area contributed by atoms with Crippen LogP contribution in [0.25, 0.3) is 28.2 Å². The molecule has 0 radical (unpaired) electrons. The first kappa shape index (κ1) is 44.2. The third-order valence-corrected chi connectivity index (χ3v) is 11.7. The number of amides is 1. The predicted octanol–water partition coefficient (Wildman–Crippen LogP) is 7.60. The monoisotopic (exact) mass is 877 g/mol. The van der Waals surface area contributed by atoms with Crippen molar-refractivity contribution in [2.75, 3.05) is 31.7 Å². The number of anilines is 1. The summed E-state index contributed by atoms with van der Waals surface area (Å²) in [5, 5.41) is 6.49. The van der Waals surface area contributed by atoms with E-state index in [4.69, 9.17) is 13.9 Å². The molecule has 0 spiro atoms. The third kappa shape index (κ3) is 10.3. The van der Waals surface area contributed by atoms with Gasteiger partial charge in [0.1, 0.15) is 12.0 Å². The first-order valence-corrected chi connectivity index (χ1v) is 21.7. The molecule has 2 saturated carbocycles. The molecular formula is C47H49F2N7O8. The standard InChI is InChI=1S/C47H49F2N7O8/c1-54-43-31(5-2-7-39(43)56(47(54)61)38-18-17-35(57)26-41(38)59)6-3-21-62-23-24-63-22-4-8-40(58)30-12-15-34(16-13-30)55-27-36(42(53-55)44(48)49)51-45(60)37-28-64-46(52-37)32-19-20-50-33(25-32)14-11-29-9-10-29/h2,5,7,12-13,15-16,19-20,25,27-29,38,44H,3-4,6,8-11,14,17-18,21-24,26H2,1H3,(H,51,60). The number of oxazole rings is 1. The van der Waals surface area contributed by atoms with Crippen molar-refractivity contribution in [3.63, 3.8) is 0 Å². The normalized spacial score (nSPS) is 15.4. The topological polar surface area (TPSA) is 182 Å². The summed E-state index contributed by atoms with van der Waals surface area (Å²) >= 11 is 0. The molecule has 1 atom stereocenters. The first-order chi connectivity index (χ1) is 31.0. The van der Waals surface area contributed by atoms with Crippen molar-refractivity contribution < 1.29 is 41.8 Å². The van der Waals surface area contributed by atoms with Gasteiger partial charge in [-0.1, -0.05) is 25.0 Å². The van der Waals surface area contributed by atoms with Crippen LogP contribution in [0.15, 0.2) is 82.5 Å². The van der Waals surface area contributed by atoms with Crippen molar-refractivity contribution in [1.82, 2.24) is 28.9 Å². The highest BCUT2D eigenvalue weighted by Gasteiger charge is 2.32. The molecule has 4 heterocycles. The van der Waals surface area contributed by atoms with E-state index in [0.29, 0.717) is 74.4 Å². The lowest BCUT2D eigenvalue weighted by Crippen LogP contribution is -2.34. The van der Waals surface area contributed by atoms with Crippen LogP contribution in [0.3, 0.4) is 0 Å². The second-order valence-corrected chi connectivity index (χ2v) is 16.3. The Hall–Kier alpha value is -6.46. The zero-order chi connectivity index (χ0) is 44.7. The zero-order valence-electron chi connectivity index (χ0n) is 35.5. The SMILES string of the molecule is Cn1c(=O)n(C2CCC(=O)CC2=O)c2cccc(CCCOCCOCCCC(=O)c3ccc(-n4cc(NC(=O)c5coc(-c6ccnc(CCC7CC7)c6)n5)c(C(F)F)n4)cc3)c21. The van der Waals surface area contributed by atoms with Gasteiger partial charge >= 0.3 is 5.69 Å². The number of carbonyl (C=O) groups excluding carboxylic acids is 4. The Morgan fingerprint density at radius 3 is 2.48 bits per heavy atom. The van der Waals surface area contributed by atoms with Gasteiger partial charge in [0.25, 0.3) is 12.3 Å². The van der Waals surface area contributed by atoms with E-state index >= 15 is 0 Å². The van der Waals surface area contributed by atoms with Crippen molar-refractivity contribution in [2.45, 2.75) is 83.1 Å². The van der Waals surface area contributed by atoms with Crippen molar-refractivity contribution in [3.8, 4) is 17.1 Å². The minimum atomic E-state index is -2.98. The van der Waals surface area contributed by atoms with Crippen molar-refractivity contribution >= 4 is 40.0 Å². The summed E-state index contributed by atoms with van der Waals surface area (Å²) < 4.78 is 49.4. The minimum Gasteiger partial charge on any atom is -0.444 e. The number of benzene rings is 2. The molecule has 334 valence electrons. The Labute approximate surface area is 366 Å². The summed E-state index contributed by atoms with van der Waals surface area (Å²) in [7, 11) is 1.70. The van der Waals surface area contributed by atoms with Gasteiger partial charge in [0.2, 0.25) is 5.89 Å². The fraction of sp³-hybridized carbons (Fsp3) is 0.404. The molecular weight excluding hydrogens is 829 g/mol. The second kappa shape index (κ2) is 19.9. The minimum absolute atomic E-state index is 0.0843. The van der Waals surface area contributed by atoms with Crippen LogP contribution in [-0.4, -0.2) is 78.6 Å². The number of halogens is 2.